The number of halogens is 1. The van der Waals surface area contributed by atoms with Crippen LogP contribution in [0.4, 0.5) is 0 Å². The average molecular weight is 429 g/mol. The molecule has 1 aromatic heterocycles. The van der Waals surface area contributed by atoms with E-state index in [0.717, 1.165) is 36.9 Å². The van der Waals surface area contributed by atoms with Crippen molar-refractivity contribution in [1.82, 2.24) is 25.4 Å². The van der Waals surface area contributed by atoms with Crippen molar-refractivity contribution in [2.75, 3.05) is 0 Å². The Morgan fingerprint density at radius 2 is 2.09 bits per heavy atom. The third kappa shape index (κ3) is 4.56. The van der Waals surface area contributed by atoms with Crippen molar-refractivity contribution < 1.29 is 0 Å². The van der Waals surface area contributed by atoms with Gasteiger partial charge in [-0.25, -0.2) is 4.99 Å². The lowest BCUT2D eigenvalue weighted by atomic mass is 10.1. The van der Waals surface area contributed by atoms with Gasteiger partial charge in [0, 0.05) is 19.1 Å². The van der Waals surface area contributed by atoms with Crippen molar-refractivity contribution in [3.05, 3.63) is 11.6 Å². The summed E-state index contributed by atoms with van der Waals surface area (Å²) in [5.74, 6) is 2.62. The lowest BCUT2D eigenvalue weighted by Crippen LogP contribution is -2.45. The highest BCUT2D eigenvalue weighted by Crippen LogP contribution is 2.25. The minimum Gasteiger partial charge on any atom is -0.354 e. The monoisotopic (exact) mass is 429 g/mol. The molecule has 2 saturated carbocycles. The summed E-state index contributed by atoms with van der Waals surface area (Å²) >= 11 is 0. The van der Waals surface area contributed by atoms with E-state index in [2.05, 4.69) is 31.9 Å². The minimum absolute atomic E-state index is 0. The van der Waals surface area contributed by atoms with Gasteiger partial charge in [-0.15, -0.1) is 34.2 Å². The Hall–Kier alpha value is -1.37. The summed E-state index contributed by atoms with van der Waals surface area (Å²) in [5, 5.41) is 24.3. The Balaban J connectivity index is 0.00000192. The third-order valence-corrected chi connectivity index (χ3v) is 4.48. The van der Waals surface area contributed by atoms with E-state index in [-0.39, 0.29) is 35.9 Å². The Labute approximate surface area is 154 Å². The molecule has 2 unspecified atom stereocenters. The van der Waals surface area contributed by atoms with E-state index >= 15 is 0 Å². The molecule has 7 nitrogen and oxygen atoms in total. The molecular weight excluding hydrogens is 405 g/mol. The van der Waals surface area contributed by atoms with Crippen molar-refractivity contribution in [2.24, 2.45) is 18.0 Å². The predicted molar refractivity (Wildman–Crippen MR) is 98.3 cm³/mol. The molecule has 0 bridgehead atoms. The van der Waals surface area contributed by atoms with Crippen LogP contribution in [0.3, 0.4) is 0 Å². The highest BCUT2D eigenvalue weighted by atomic mass is 127. The maximum atomic E-state index is 9.22. The quantitative estimate of drug-likeness (QED) is 0.432. The normalized spacial score (nSPS) is 24.0. The molecule has 126 valence electrons. The summed E-state index contributed by atoms with van der Waals surface area (Å²) < 4.78 is 1.95. The average Bonchev–Trinajstić information content (AvgIpc) is 3.12. The van der Waals surface area contributed by atoms with E-state index in [1.165, 1.54) is 12.8 Å². The fraction of sp³-hybridized carbons (Fsp3) is 0.733. The van der Waals surface area contributed by atoms with Crippen molar-refractivity contribution in [3.63, 3.8) is 0 Å². The van der Waals surface area contributed by atoms with Gasteiger partial charge in [-0.2, -0.15) is 5.26 Å². The van der Waals surface area contributed by atoms with E-state index in [1.54, 1.807) is 0 Å². The van der Waals surface area contributed by atoms with Crippen molar-refractivity contribution in [3.8, 4) is 6.07 Å². The Bertz CT molecular complexity index is 599. The second kappa shape index (κ2) is 7.95. The maximum Gasteiger partial charge on any atom is 0.192 e. The molecule has 1 aromatic rings. The number of hydrogen-bond acceptors (Lipinski definition) is 4. The molecule has 2 aliphatic carbocycles. The number of rotatable bonds is 4. The van der Waals surface area contributed by atoms with Crippen molar-refractivity contribution in [2.45, 2.75) is 57.7 Å². The number of aromatic nitrogens is 3. The van der Waals surface area contributed by atoms with Gasteiger partial charge in [0.25, 0.3) is 0 Å². The van der Waals surface area contributed by atoms with Crippen molar-refractivity contribution in [1.29, 1.82) is 5.26 Å². The summed E-state index contributed by atoms with van der Waals surface area (Å²) in [6.07, 6.45) is 5.50. The first-order valence-electron chi connectivity index (χ1n) is 7.99. The number of nitrogens with zero attached hydrogens (tertiary/aromatic N) is 5. The van der Waals surface area contributed by atoms with Gasteiger partial charge in [0.05, 0.1) is 12.0 Å². The van der Waals surface area contributed by atoms with E-state index < -0.39 is 0 Å². The number of nitriles is 1. The van der Waals surface area contributed by atoms with Crippen LogP contribution in [0, 0.1) is 24.2 Å². The standard InChI is InChI=1S/C15H23N7.HI/c1-10-20-21-14(22(10)2)9-17-15(18-12-6-7-12)19-13-5-3-4-11(13)8-16;/h11-13H,3-7,9H2,1-2H3,(H2,17,18,19);1H. The molecule has 2 aliphatic rings. The number of nitrogens with one attached hydrogen (secondary N) is 2. The Morgan fingerprint density at radius 3 is 2.70 bits per heavy atom. The fourth-order valence-corrected chi connectivity index (χ4v) is 2.76. The Morgan fingerprint density at radius 1 is 1.30 bits per heavy atom. The maximum absolute atomic E-state index is 9.22. The van der Waals surface area contributed by atoms with Gasteiger partial charge in [0.2, 0.25) is 0 Å². The zero-order chi connectivity index (χ0) is 15.5. The topological polar surface area (TPSA) is 90.9 Å². The molecule has 0 radical (unpaired) electrons. The van der Waals surface area contributed by atoms with Crippen LogP contribution >= 0.6 is 24.0 Å². The molecule has 2 fully saturated rings. The zero-order valence-electron chi connectivity index (χ0n) is 13.6. The molecule has 0 aliphatic heterocycles. The van der Waals surface area contributed by atoms with Gasteiger partial charge >= 0.3 is 0 Å². The summed E-state index contributed by atoms with van der Waals surface area (Å²) in [6, 6.07) is 3.13. The summed E-state index contributed by atoms with van der Waals surface area (Å²) in [5.41, 5.74) is 0. The van der Waals surface area contributed by atoms with Crippen LogP contribution in [0.1, 0.15) is 43.8 Å². The van der Waals surface area contributed by atoms with E-state index in [1.807, 2.05) is 18.5 Å². The largest absolute Gasteiger partial charge is 0.354 e. The molecule has 1 heterocycles. The number of aliphatic imine (C=N–C) groups is 1. The number of hydrogen-bond donors (Lipinski definition) is 2. The first-order valence-corrected chi connectivity index (χ1v) is 7.99. The van der Waals surface area contributed by atoms with Gasteiger partial charge in [0.15, 0.2) is 11.8 Å². The Kier molecular flexibility index (Phi) is 6.21. The number of guanidine groups is 1. The van der Waals surface area contributed by atoms with Crippen LogP contribution in [0.15, 0.2) is 4.99 Å². The second-order valence-electron chi connectivity index (χ2n) is 6.22. The summed E-state index contributed by atoms with van der Waals surface area (Å²) in [4.78, 5) is 4.64. The molecule has 8 heteroatoms. The van der Waals surface area contributed by atoms with Gasteiger partial charge in [-0.05, 0) is 39.0 Å². The molecule has 23 heavy (non-hydrogen) atoms. The molecule has 0 aromatic carbocycles. The second-order valence-corrected chi connectivity index (χ2v) is 6.22. The lowest BCUT2D eigenvalue weighted by molar-refractivity contribution is 0.531. The van der Waals surface area contributed by atoms with Crippen LogP contribution in [0.2, 0.25) is 0 Å². The van der Waals surface area contributed by atoms with Crippen LogP contribution in [-0.4, -0.2) is 32.8 Å². The first kappa shape index (κ1) is 18.0. The molecule has 0 saturated heterocycles. The smallest absolute Gasteiger partial charge is 0.192 e. The van der Waals surface area contributed by atoms with Gasteiger partial charge < -0.3 is 15.2 Å². The van der Waals surface area contributed by atoms with Crippen LogP contribution < -0.4 is 10.6 Å². The molecule has 3 rings (SSSR count). The van der Waals surface area contributed by atoms with Crippen molar-refractivity contribution >= 4 is 29.9 Å². The van der Waals surface area contributed by atoms with Crippen LogP contribution in [0.25, 0.3) is 0 Å². The SMILES string of the molecule is Cc1nnc(CN=C(NC2CC2)NC2CCCC2C#N)n1C.I. The molecule has 2 atom stereocenters. The first-order chi connectivity index (χ1) is 10.7. The van der Waals surface area contributed by atoms with E-state index in [0.29, 0.717) is 12.6 Å². The van der Waals surface area contributed by atoms with E-state index in [4.69, 9.17) is 0 Å². The van der Waals surface area contributed by atoms with Crippen LogP contribution in [0.5, 0.6) is 0 Å². The minimum atomic E-state index is 0. The highest BCUT2D eigenvalue weighted by Gasteiger charge is 2.29. The number of aryl methyl sites for hydroxylation is 1. The fourth-order valence-electron chi connectivity index (χ4n) is 2.76. The predicted octanol–water partition coefficient (Wildman–Crippen LogP) is 1.63. The molecule has 0 amide bonds. The molecule has 2 N–H and O–H groups in total. The van der Waals surface area contributed by atoms with Crippen LogP contribution in [-0.2, 0) is 13.6 Å². The van der Waals surface area contributed by atoms with E-state index in [9.17, 15) is 5.26 Å². The highest BCUT2D eigenvalue weighted by molar-refractivity contribution is 14.0. The van der Waals surface area contributed by atoms with Gasteiger partial charge in [-0.3, -0.25) is 0 Å². The summed E-state index contributed by atoms with van der Waals surface area (Å²) in [6.45, 7) is 2.42. The molecule has 0 spiro atoms. The van der Waals surface area contributed by atoms with Gasteiger partial charge in [0.1, 0.15) is 12.4 Å². The zero-order valence-corrected chi connectivity index (χ0v) is 15.9. The van der Waals surface area contributed by atoms with Gasteiger partial charge in [-0.1, -0.05) is 0 Å². The lowest BCUT2D eigenvalue weighted by Gasteiger charge is -2.19. The third-order valence-electron chi connectivity index (χ3n) is 4.48. The molecular formula is C15H24IN7. The summed E-state index contributed by atoms with van der Waals surface area (Å²) in [7, 11) is 1.95.